The Morgan fingerprint density at radius 3 is 2.48 bits per heavy atom. The Kier molecular flexibility index (Phi) is 4.18. The zero-order chi connectivity index (χ0) is 15.6. The van der Waals surface area contributed by atoms with Crippen LogP contribution >= 0.6 is 0 Å². The van der Waals surface area contributed by atoms with Crippen molar-refractivity contribution in [3.63, 3.8) is 0 Å². The lowest BCUT2D eigenvalue weighted by Gasteiger charge is -2.19. The quantitative estimate of drug-likeness (QED) is 0.816. The Hall–Kier alpha value is -2.08. The monoisotopic (exact) mass is 292 g/mol. The Morgan fingerprint density at radius 2 is 1.90 bits per heavy atom. The summed E-state index contributed by atoms with van der Waals surface area (Å²) in [6.07, 6.45) is -1.14. The number of benzene rings is 1. The first-order valence-corrected chi connectivity index (χ1v) is 6.82. The zero-order valence-corrected chi connectivity index (χ0v) is 12.4. The van der Waals surface area contributed by atoms with E-state index in [9.17, 15) is 14.7 Å². The summed E-state index contributed by atoms with van der Waals surface area (Å²) >= 11 is 0. The molecule has 0 radical (unpaired) electrons. The second kappa shape index (κ2) is 5.73. The number of aliphatic hydroxyl groups is 1. The summed E-state index contributed by atoms with van der Waals surface area (Å²) in [5.41, 5.74) is 0.347. The van der Waals surface area contributed by atoms with E-state index in [4.69, 9.17) is 4.74 Å². The molecule has 1 saturated heterocycles. The number of carbonyl (C=O) groups excluding carboxylic acids is 2. The van der Waals surface area contributed by atoms with E-state index < -0.39 is 24.0 Å². The van der Waals surface area contributed by atoms with Crippen LogP contribution in [0.3, 0.4) is 0 Å². The van der Waals surface area contributed by atoms with Gasteiger partial charge < -0.3 is 9.84 Å². The average Bonchev–Trinajstić information content (AvgIpc) is 2.98. The van der Waals surface area contributed by atoms with E-state index in [-0.39, 0.29) is 6.04 Å². The number of nitrogens with one attached hydrogen (secondary N) is 1. The number of rotatable bonds is 2. The molecule has 21 heavy (non-hydrogen) atoms. The predicted octanol–water partition coefficient (Wildman–Crippen LogP) is 1.88. The van der Waals surface area contributed by atoms with E-state index in [1.165, 1.54) is 4.90 Å². The van der Waals surface area contributed by atoms with Crippen molar-refractivity contribution in [3.05, 3.63) is 35.9 Å². The zero-order valence-electron chi connectivity index (χ0n) is 12.4. The standard InChI is InChI=1S/C15H20N2O4/c1-15(2,3)21-14(20)16-13(19)17-11(12(17)18)9-10-7-5-4-6-8-10/h4-8,11-12,18H,9H2,1-3H3,(H,16,19,20)/t11-,12-,17?/m0/s1. The fraction of sp³-hybridized carbons (Fsp3) is 0.467. The molecular weight excluding hydrogens is 272 g/mol. The summed E-state index contributed by atoms with van der Waals surface area (Å²) < 4.78 is 5.00. The van der Waals surface area contributed by atoms with Crippen molar-refractivity contribution in [1.29, 1.82) is 0 Å². The third-order valence-corrected chi connectivity index (χ3v) is 3.03. The summed E-state index contributed by atoms with van der Waals surface area (Å²) in [5, 5.41) is 11.9. The van der Waals surface area contributed by atoms with Crippen LogP contribution < -0.4 is 5.32 Å². The van der Waals surface area contributed by atoms with Crippen molar-refractivity contribution in [2.75, 3.05) is 0 Å². The van der Waals surface area contributed by atoms with E-state index in [1.807, 2.05) is 30.3 Å². The van der Waals surface area contributed by atoms with Gasteiger partial charge in [-0.3, -0.25) is 4.90 Å². The highest BCUT2D eigenvalue weighted by molar-refractivity contribution is 5.92. The van der Waals surface area contributed by atoms with Crippen LogP contribution in [0.1, 0.15) is 26.3 Å². The topological polar surface area (TPSA) is 78.6 Å². The Morgan fingerprint density at radius 1 is 1.29 bits per heavy atom. The van der Waals surface area contributed by atoms with Gasteiger partial charge in [0, 0.05) is 0 Å². The van der Waals surface area contributed by atoms with E-state index in [0.717, 1.165) is 5.56 Å². The lowest BCUT2D eigenvalue weighted by atomic mass is 10.1. The number of nitrogens with zero attached hydrogens (tertiary/aromatic N) is 1. The molecule has 0 aliphatic carbocycles. The summed E-state index contributed by atoms with van der Waals surface area (Å²) in [6, 6.07) is 8.60. The van der Waals surface area contributed by atoms with Crippen molar-refractivity contribution in [2.45, 2.75) is 45.1 Å². The normalized spacial score (nSPS) is 20.9. The third kappa shape index (κ3) is 4.19. The van der Waals surface area contributed by atoms with Gasteiger partial charge in [-0.2, -0.15) is 0 Å². The molecule has 2 rings (SSSR count). The molecule has 1 aromatic carbocycles. The highest BCUT2D eigenvalue weighted by Gasteiger charge is 2.50. The number of imide groups is 1. The molecule has 0 spiro atoms. The molecule has 1 heterocycles. The van der Waals surface area contributed by atoms with E-state index in [1.54, 1.807) is 20.8 Å². The molecule has 6 heteroatoms. The van der Waals surface area contributed by atoms with Crippen molar-refractivity contribution < 1.29 is 19.4 Å². The molecule has 1 fully saturated rings. The number of ether oxygens (including phenoxy) is 1. The van der Waals surface area contributed by atoms with Crippen LogP contribution in [-0.2, 0) is 11.2 Å². The SMILES string of the molecule is CC(C)(C)OC(=O)NC(=O)N1[C@@H](O)[C@@H]1Cc1ccccc1. The van der Waals surface area contributed by atoms with Gasteiger partial charge in [-0.25, -0.2) is 14.9 Å². The molecule has 2 atom stereocenters. The van der Waals surface area contributed by atoms with Gasteiger partial charge in [-0.1, -0.05) is 30.3 Å². The second-order valence-electron chi connectivity index (χ2n) is 6.01. The van der Waals surface area contributed by atoms with Gasteiger partial charge >= 0.3 is 12.1 Å². The maximum Gasteiger partial charge on any atom is 0.415 e. The van der Waals surface area contributed by atoms with Gasteiger partial charge in [0.25, 0.3) is 0 Å². The number of hydrogen-bond acceptors (Lipinski definition) is 4. The Labute approximate surface area is 123 Å². The summed E-state index contributed by atoms with van der Waals surface area (Å²) in [4.78, 5) is 24.6. The van der Waals surface area contributed by atoms with E-state index in [2.05, 4.69) is 5.32 Å². The van der Waals surface area contributed by atoms with Crippen LogP contribution in [0.2, 0.25) is 0 Å². The molecule has 2 N–H and O–H groups in total. The number of aliphatic hydroxyl groups excluding tert-OH is 1. The van der Waals surface area contributed by atoms with Gasteiger partial charge in [0.1, 0.15) is 5.60 Å². The minimum absolute atomic E-state index is 0.310. The van der Waals surface area contributed by atoms with Crippen molar-refractivity contribution in [3.8, 4) is 0 Å². The van der Waals surface area contributed by atoms with Crippen molar-refractivity contribution >= 4 is 12.1 Å². The first-order valence-electron chi connectivity index (χ1n) is 6.82. The minimum atomic E-state index is -0.868. The molecule has 114 valence electrons. The van der Waals surface area contributed by atoms with Gasteiger partial charge in [0.2, 0.25) is 0 Å². The molecular formula is C15H20N2O4. The largest absolute Gasteiger partial charge is 0.443 e. The predicted molar refractivity (Wildman–Crippen MR) is 76.5 cm³/mol. The molecule has 1 aliphatic heterocycles. The molecule has 0 aromatic heterocycles. The first-order chi connectivity index (χ1) is 9.78. The van der Waals surface area contributed by atoms with Crippen LogP contribution in [0.4, 0.5) is 9.59 Å². The van der Waals surface area contributed by atoms with E-state index >= 15 is 0 Å². The van der Waals surface area contributed by atoms with Gasteiger partial charge in [0.15, 0.2) is 6.23 Å². The minimum Gasteiger partial charge on any atom is -0.443 e. The molecule has 0 unspecified atom stereocenters. The van der Waals surface area contributed by atoms with Crippen LogP contribution in [0.15, 0.2) is 30.3 Å². The van der Waals surface area contributed by atoms with Crippen LogP contribution in [0.25, 0.3) is 0 Å². The highest BCUT2D eigenvalue weighted by Crippen LogP contribution is 2.29. The molecule has 0 bridgehead atoms. The fourth-order valence-electron chi connectivity index (χ4n) is 2.05. The molecule has 3 amide bonds. The number of alkyl carbamates (subject to hydrolysis) is 1. The number of hydrogen-bond donors (Lipinski definition) is 2. The smallest absolute Gasteiger partial charge is 0.415 e. The van der Waals surface area contributed by atoms with Crippen LogP contribution in [0, 0.1) is 0 Å². The Bertz CT molecular complexity index is 524. The number of amides is 3. The molecule has 1 aromatic rings. The number of urea groups is 1. The summed E-state index contributed by atoms with van der Waals surface area (Å²) in [7, 11) is 0. The van der Waals surface area contributed by atoms with Crippen LogP contribution in [-0.4, -0.2) is 40.0 Å². The van der Waals surface area contributed by atoms with Gasteiger partial charge in [-0.05, 0) is 32.8 Å². The maximum atomic E-state index is 11.9. The van der Waals surface area contributed by atoms with Crippen molar-refractivity contribution in [1.82, 2.24) is 10.2 Å². The maximum absolute atomic E-state index is 11.9. The van der Waals surface area contributed by atoms with Crippen LogP contribution in [0.5, 0.6) is 0 Å². The second-order valence-corrected chi connectivity index (χ2v) is 6.01. The Balaban J connectivity index is 1.86. The third-order valence-electron chi connectivity index (χ3n) is 3.03. The van der Waals surface area contributed by atoms with E-state index in [0.29, 0.717) is 6.42 Å². The molecule has 0 saturated carbocycles. The lowest BCUT2D eigenvalue weighted by Crippen LogP contribution is -2.39. The first kappa shape index (κ1) is 15.3. The average molecular weight is 292 g/mol. The summed E-state index contributed by atoms with van der Waals surface area (Å²) in [6.45, 7) is 5.13. The summed E-state index contributed by atoms with van der Waals surface area (Å²) in [5.74, 6) is 0. The van der Waals surface area contributed by atoms with Gasteiger partial charge in [0.05, 0.1) is 6.04 Å². The van der Waals surface area contributed by atoms with Gasteiger partial charge in [-0.15, -0.1) is 0 Å². The molecule has 6 nitrogen and oxygen atoms in total. The lowest BCUT2D eigenvalue weighted by molar-refractivity contribution is 0.0539. The molecule has 1 aliphatic rings. The number of carbonyl (C=O) groups is 2. The fourth-order valence-corrected chi connectivity index (χ4v) is 2.05. The van der Waals surface area contributed by atoms with Crippen molar-refractivity contribution in [2.24, 2.45) is 0 Å². The highest BCUT2D eigenvalue weighted by atomic mass is 16.6.